The van der Waals surface area contributed by atoms with Crippen LogP contribution in [0, 0.1) is 0 Å². The first-order valence-electron chi connectivity index (χ1n) is 5.43. The van der Waals surface area contributed by atoms with Crippen LogP contribution in [0.1, 0.15) is 36.5 Å². The molecule has 2 atom stereocenters. The molecule has 1 aromatic rings. The minimum Gasteiger partial charge on any atom is -0.386 e. The van der Waals surface area contributed by atoms with Crippen molar-refractivity contribution in [2.24, 2.45) is 0 Å². The van der Waals surface area contributed by atoms with E-state index in [9.17, 15) is 18.3 Å². The Labute approximate surface area is 101 Å². The summed E-state index contributed by atoms with van der Waals surface area (Å²) in [5.41, 5.74) is -0.807. The fourth-order valence-corrected chi connectivity index (χ4v) is 2.87. The van der Waals surface area contributed by atoms with Crippen molar-refractivity contribution in [2.45, 2.75) is 37.6 Å². The summed E-state index contributed by atoms with van der Waals surface area (Å²) < 4.78 is 43.3. The maximum Gasteiger partial charge on any atom is 0.417 e. The maximum absolute atomic E-state index is 12.7. The second kappa shape index (κ2) is 4.96. The molecule has 0 aliphatic carbocycles. The van der Waals surface area contributed by atoms with Crippen LogP contribution in [0.4, 0.5) is 13.2 Å². The molecule has 1 fully saturated rings. The van der Waals surface area contributed by atoms with E-state index in [0.29, 0.717) is 13.0 Å². The molecular formula is C11H13F3O2S. The van der Waals surface area contributed by atoms with Gasteiger partial charge in [0.15, 0.2) is 0 Å². The second-order valence-corrected chi connectivity index (χ2v) is 4.83. The monoisotopic (exact) mass is 266 g/mol. The van der Waals surface area contributed by atoms with Crippen LogP contribution in [0.3, 0.4) is 0 Å². The number of halogens is 3. The lowest BCUT2D eigenvalue weighted by Crippen LogP contribution is -2.27. The highest BCUT2D eigenvalue weighted by Crippen LogP contribution is 2.39. The van der Waals surface area contributed by atoms with Gasteiger partial charge in [0, 0.05) is 17.6 Å². The molecule has 1 saturated heterocycles. The van der Waals surface area contributed by atoms with E-state index in [-0.39, 0.29) is 5.56 Å². The van der Waals surface area contributed by atoms with Crippen molar-refractivity contribution in [1.29, 1.82) is 0 Å². The fraction of sp³-hybridized carbons (Fsp3) is 0.636. The Kier molecular flexibility index (Phi) is 3.75. The maximum atomic E-state index is 12.7. The number of hydrogen-bond acceptors (Lipinski definition) is 3. The van der Waals surface area contributed by atoms with Crippen LogP contribution in [0.15, 0.2) is 10.8 Å². The molecule has 1 aliphatic heterocycles. The Hall–Kier alpha value is -0.590. The van der Waals surface area contributed by atoms with Gasteiger partial charge in [0.1, 0.15) is 6.10 Å². The Bertz CT molecular complexity index is 369. The SMILES string of the molecule is OC(c1cscc1C(F)(F)F)C1CCCCO1. The van der Waals surface area contributed by atoms with Crippen LogP contribution < -0.4 is 0 Å². The molecule has 0 bridgehead atoms. The molecule has 2 rings (SSSR count). The summed E-state index contributed by atoms with van der Waals surface area (Å²) in [6, 6.07) is 0. The summed E-state index contributed by atoms with van der Waals surface area (Å²) in [7, 11) is 0. The van der Waals surface area contributed by atoms with Crippen LogP contribution in [0.5, 0.6) is 0 Å². The van der Waals surface area contributed by atoms with Crippen molar-refractivity contribution in [1.82, 2.24) is 0 Å². The van der Waals surface area contributed by atoms with Gasteiger partial charge in [-0.1, -0.05) is 0 Å². The number of thiophene rings is 1. The van der Waals surface area contributed by atoms with E-state index in [1.54, 1.807) is 0 Å². The molecule has 2 heterocycles. The van der Waals surface area contributed by atoms with Crippen LogP contribution in [-0.4, -0.2) is 17.8 Å². The van der Waals surface area contributed by atoms with E-state index in [1.165, 1.54) is 5.38 Å². The van der Waals surface area contributed by atoms with Gasteiger partial charge in [-0.15, -0.1) is 0 Å². The zero-order valence-corrected chi connectivity index (χ0v) is 9.85. The summed E-state index contributed by atoms with van der Waals surface area (Å²) >= 11 is 0.950. The van der Waals surface area contributed by atoms with Gasteiger partial charge >= 0.3 is 6.18 Å². The first kappa shape index (κ1) is 12.9. The molecule has 17 heavy (non-hydrogen) atoms. The highest BCUT2D eigenvalue weighted by molar-refractivity contribution is 7.08. The zero-order valence-electron chi connectivity index (χ0n) is 9.04. The molecule has 0 aromatic carbocycles. The smallest absolute Gasteiger partial charge is 0.386 e. The molecule has 0 amide bonds. The first-order chi connectivity index (χ1) is 8.00. The van der Waals surface area contributed by atoms with Gasteiger partial charge in [0.05, 0.1) is 11.7 Å². The highest BCUT2D eigenvalue weighted by atomic mass is 32.1. The molecular weight excluding hydrogens is 253 g/mol. The van der Waals surface area contributed by atoms with Crippen molar-refractivity contribution >= 4 is 11.3 Å². The summed E-state index contributed by atoms with van der Waals surface area (Å²) in [5, 5.41) is 12.3. The minimum absolute atomic E-state index is 0.0607. The molecule has 1 N–H and O–H groups in total. The Balaban J connectivity index is 2.18. The number of alkyl halides is 3. The quantitative estimate of drug-likeness (QED) is 0.889. The fourth-order valence-electron chi connectivity index (χ4n) is 1.98. The van der Waals surface area contributed by atoms with E-state index < -0.39 is 23.9 Å². The third kappa shape index (κ3) is 2.81. The number of ether oxygens (including phenoxy) is 1. The predicted octanol–water partition coefficient (Wildman–Crippen LogP) is 3.37. The predicted molar refractivity (Wildman–Crippen MR) is 57.9 cm³/mol. The van der Waals surface area contributed by atoms with Crippen molar-refractivity contribution in [3.63, 3.8) is 0 Å². The second-order valence-electron chi connectivity index (χ2n) is 4.09. The lowest BCUT2D eigenvalue weighted by atomic mass is 9.97. The summed E-state index contributed by atoms with van der Waals surface area (Å²) in [5.74, 6) is 0. The van der Waals surface area contributed by atoms with Gasteiger partial charge in [-0.25, -0.2) is 0 Å². The van der Waals surface area contributed by atoms with Crippen molar-refractivity contribution in [3.8, 4) is 0 Å². The highest BCUT2D eigenvalue weighted by Gasteiger charge is 2.37. The summed E-state index contributed by atoms with van der Waals surface area (Å²) in [4.78, 5) is 0. The molecule has 2 nitrogen and oxygen atoms in total. The average Bonchev–Trinajstić information content (AvgIpc) is 2.78. The zero-order chi connectivity index (χ0) is 12.5. The molecule has 1 aliphatic rings. The topological polar surface area (TPSA) is 29.5 Å². The summed E-state index contributed by atoms with van der Waals surface area (Å²) in [6.07, 6.45) is -3.72. The standard InChI is InChI=1S/C11H13F3O2S/c12-11(13,14)8-6-17-5-7(8)10(15)9-3-1-2-4-16-9/h5-6,9-10,15H,1-4H2. The van der Waals surface area contributed by atoms with Crippen LogP contribution in [0.2, 0.25) is 0 Å². The van der Waals surface area contributed by atoms with Gasteiger partial charge in [0.2, 0.25) is 0 Å². The molecule has 6 heteroatoms. The van der Waals surface area contributed by atoms with E-state index in [0.717, 1.165) is 29.6 Å². The number of aliphatic hydroxyl groups excluding tert-OH is 1. The largest absolute Gasteiger partial charge is 0.417 e. The molecule has 0 saturated carbocycles. The van der Waals surface area contributed by atoms with E-state index >= 15 is 0 Å². The normalized spacial score (nSPS) is 23.6. The molecule has 96 valence electrons. The van der Waals surface area contributed by atoms with E-state index in [4.69, 9.17) is 4.74 Å². The molecule has 0 spiro atoms. The van der Waals surface area contributed by atoms with E-state index in [1.807, 2.05) is 0 Å². The number of aliphatic hydroxyl groups is 1. The van der Waals surface area contributed by atoms with Crippen LogP contribution in [-0.2, 0) is 10.9 Å². The summed E-state index contributed by atoms with van der Waals surface area (Å²) in [6.45, 7) is 0.507. The van der Waals surface area contributed by atoms with Crippen LogP contribution in [0.25, 0.3) is 0 Å². The van der Waals surface area contributed by atoms with Gasteiger partial charge < -0.3 is 9.84 Å². The number of hydrogen-bond donors (Lipinski definition) is 1. The van der Waals surface area contributed by atoms with Crippen molar-refractivity contribution in [3.05, 3.63) is 21.9 Å². The van der Waals surface area contributed by atoms with E-state index in [2.05, 4.69) is 0 Å². The lowest BCUT2D eigenvalue weighted by Gasteiger charge is -2.27. The molecule has 1 aromatic heterocycles. The Morgan fingerprint density at radius 1 is 1.35 bits per heavy atom. The minimum atomic E-state index is -4.41. The lowest BCUT2D eigenvalue weighted by molar-refractivity contribution is -0.140. The third-order valence-corrected chi connectivity index (χ3v) is 3.64. The van der Waals surface area contributed by atoms with Gasteiger partial charge in [-0.3, -0.25) is 0 Å². The Morgan fingerprint density at radius 2 is 2.12 bits per heavy atom. The van der Waals surface area contributed by atoms with Crippen LogP contribution >= 0.6 is 11.3 Å². The number of rotatable bonds is 2. The average molecular weight is 266 g/mol. The van der Waals surface area contributed by atoms with Crippen molar-refractivity contribution in [2.75, 3.05) is 6.61 Å². The third-order valence-electron chi connectivity index (χ3n) is 2.88. The van der Waals surface area contributed by atoms with Gasteiger partial charge in [-0.05, 0) is 24.6 Å². The molecule has 0 radical (unpaired) electrons. The van der Waals surface area contributed by atoms with Gasteiger partial charge in [-0.2, -0.15) is 24.5 Å². The van der Waals surface area contributed by atoms with Crippen molar-refractivity contribution < 1.29 is 23.0 Å². The Morgan fingerprint density at radius 3 is 2.71 bits per heavy atom. The first-order valence-corrected chi connectivity index (χ1v) is 6.37. The van der Waals surface area contributed by atoms with Gasteiger partial charge in [0.25, 0.3) is 0 Å². The molecule has 2 unspecified atom stereocenters.